The van der Waals surface area contributed by atoms with Crippen LogP contribution in [0, 0.1) is 46.3 Å². The lowest BCUT2D eigenvalue weighted by molar-refractivity contribution is -0.0565. The molecule has 0 spiro atoms. The van der Waals surface area contributed by atoms with Crippen LogP contribution in [0.2, 0.25) is 0 Å². The normalized spacial score (nSPS) is 46.0. The van der Waals surface area contributed by atoms with Crippen LogP contribution >= 0.6 is 0 Å². The van der Waals surface area contributed by atoms with Gasteiger partial charge >= 0.3 is 0 Å². The van der Waals surface area contributed by atoms with Gasteiger partial charge in [0.2, 0.25) is 0 Å². The van der Waals surface area contributed by atoms with E-state index in [0.717, 1.165) is 42.4 Å². The molecule has 0 aromatic rings. The van der Waals surface area contributed by atoms with E-state index in [2.05, 4.69) is 53.7 Å². The Labute approximate surface area is 180 Å². The van der Waals surface area contributed by atoms with Crippen LogP contribution in [0.3, 0.4) is 0 Å². The average Bonchev–Trinajstić information content (AvgIpc) is 3.03. The molecule has 0 bridgehead atoms. The third-order valence-corrected chi connectivity index (χ3v) is 10.6. The number of rotatable bonds is 4. The molecular formula is C28H46O. The summed E-state index contributed by atoms with van der Waals surface area (Å²) >= 11 is 0. The van der Waals surface area contributed by atoms with Gasteiger partial charge in [-0.25, -0.2) is 0 Å². The van der Waals surface area contributed by atoms with Gasteiger partial charge in [-0.05, 0) is 111 Å². The minimum atomic E-state index is -0.0845. The van der Waals surface area contributed by atoms with Crippen molar-refractivity contribution in [2.45, 2.75) is 105 Å². The molecule has 8 atom stereocenters. The van der Waals surface area contributed by atoms with E-state index in [1.54, 1.807) is 11.1 Å². The van der Waals surface area contributed by atoms with Crippen molar-refractivity contribution in [3.05, 3.63) is 23.3 Å². The molecule has 4 aliphatic carbocycles. The third kappa shape index (κ3) is 3.58. The van der Waals surface area contributed by atoms with Gasteiger partial charge in [-0.2, -0.15) is 0 Å². The van der Waals surface area contributed by atoms with Gasteiger partial charge in [0.15, 0.2) is 0 Å². The van der Waals surface area contributed by atoms with E-state index in [1.807, 2.05) is 0 Å². The topological polar surface area (TPSA) is 20.2 Å². The number of hydrogen-bond acceptors (Lipinski definition) is 1. The molecule has 0 heterocycles. The Hall–Kier alpha value is -0.560. The third-order valence-electron chi connectivity index (χ3n) is 10.6. The standard InChI is InChI=1S/C28H46O/c1-18(2)19(3)7-8-20(4)24-11-12-25-23-10-9-21-17-22(29)13-15-27(21,5)26(23)14-16-28(24,25)6/h7,9,18,20,22-26,29H,8,10-17H2,1-6H3/t20-,22?,23+,24-,25+,26+,27+,28-/m1/s1. The second-order valence-electron chi connectivity index (χ2n) is 12.2. The fraction of sp³-hybridized carbons (Fsp3) is 0.857. The fourth-order valence-electron chi connectivity index (χ4n) is 8.39. The molecule has 0 aliphatic heterocycles. The minimum Gasteiger partial charge on any atom is -0.393 e. The quantitative estimate of drug-likeness (QED) is 0.484. The van der Waals surface area contributed by atoms with Gasteiger partial charge in [0, 0.05) is 0 Å². The predicted octanol–water partition coefficient (Wildman–Crippen LogP) is 7.55. The molecule has 1 N–H and O–H groups in total. The zero-order valence-electron chi connectivity index (χ0n) is 20.0. The highest BCUT2D eigenvalue weighted by Crippen LogP contribution is 2.67. The molecular weight excluding hydrogens is 352 g/mol. The molecule has 0 saturated heterocycles. The van der Waals surface area contributed by atoms with E-state index in [4.69, 9.17) is 0 Å². The maximum Gasteiger partial charge on any atom is 0.0577 e. The van der Waals surface area contributed by atoms with E-state index in [0.29, 0.717) is 16.7 Å². The fourth-order valence-corrected chi connectivity index (χ4v) is 8.39. The van der Waals surface area contributed by atoms with Crippen molar-refractivity contribution >= 4 is 0 Å². The van der Waals surface area contributed by atoms with Crippen LogP contribution in [-0.4, -0.2) is 11.2 Å². The van der Waals surface area contributed by atoms with E-state index < -0.39 is 0 Å². The molecule has 0 aromatic carbocycles. The van der Waals surface area contributed by atoms with Crippen molar-refractivity contribution < 1.29 is 5.11 Å². The summed E-state index contributed by atoms with van der Waals surface area (Å²) in [5.74, 6) is 5.07. The Morgan fingerprint density at radius 1 is 1.10 bits per heavy atom. The first-order valence-corrected chi connectivity index (χ1v) is 12.7. The molecule has 1 heteroatoms. The van der Waals surface area contributed by atoms with Crippen molar-refractivity contribution in [3.63, 3.8) is 0 Å². The summed E-state index contributed by atoms with van der Waals surface area (Å²) in [7, 11) is 0. The first-order valence-electron chi connectivity index (χ1n) is 12.7. The predicted molar refractivity (Wildman–Crippen MR) is 124 cm³/mol. The zero-order chi connectivity index (χ0) is 21.0. The summed E-state index contributed by atoms with van der Waals surface area (Å²) in [6, 6.07) is 0. The van der Waals surface area contributed by atoms with Crippen molar-refractivity contribution in [1.29, 1.82) is 0 Å². The molecule has 29 heavy (non-hydrogen) atoms. The Morgan fingerprint density at radius 3 is 2.59 bits per heavy atom. The summed E-state index contributed by atoms with van der Waals surface area (Å²) in [6.07, 6.45) is 16.5. The molecule has 4 aliphatic rings. The van der Waals surface area contributed by atoms with E-state index in [1.165, 1.54) is 44.9 Å². The molecule has 0 radical (unpaired) electrons. The molecule has 164 valence electrons. The minimum absolute atomic E-state index is 0.0845. The lowest BCUT2D eigenvalue weighted by Crippen LogP contribution is -2.50. The molecule has 1 unspecified atom stereocenters. The zero-order valence-corrected chi connectivity index (χ0v) is 20.0. The Balaban J connectivity index is 1.52. The molecule has 0 aromatic heterocycles. The summed E-state index contributed by atoms with van der Waals surface area (Å²) in [4.78, 5) is 0. The SMILES string of the molecule is CC(=CC[C@@H](C)[C@H]1CC[C@H]2[C@@H]3CC=C4CC(O)CC[C@]4(C)[C@H]3CC[C@]12C)C(C)C. The second kappa shape index (κ2) is 7.85. The van der Waals surface area contributed by atoms with Crippen LogP contribution < -0.4 is 0 Å². The highest BCUT2D eigenvalue weighted by Gasteiger charge is 2.59. The lowest BCUT2D eigenvalue weighted by atomic mass is 9.47. The number of aliphatic hydroxyl groups excluding tert-OH is 1. The maximum atomic E-state index is 10.2. The van der Waals surface area contributed by atoms with E-state index in [-0.39, 0.29) is 6.10 Å². The van der Waals surface area contributed by atoms with Gasteiger partial charge in [-0.3, -0.25) is 0 Å². The summed E-state index contributed by atoms with van der Waals surface area (Å²) in [6.45, 7) is 14.7. The van der Waals surface area contributed by atoms with Crippen LogP contribution in [0.5, 0.6) is 0 Å². The van der Waals surface area contributed by atoms with Crippen LogP contribution in [0.1, 0.15) is 99.3 Å². The largest absolute Gasteiger partial charge is 0.393 e. The van der Waals surface area contributed by atoms with Gasteiger partial charge in [0.25, 0.3) is 0 Å². The maximum absolute atomic E-state index is 10.2. The number of hydrogen-bond donors (Lipinski definition) is 1. The number of fused-ring (bicyclic) bond motifs is 5. The lowest BCUT2D eigenvalue weighted by Gasteiger charge is -2.58. The molecule has 3 saturated carbocycles. The molecule has 3 fully saturated rings. The highest BCUT2D eigenvalue weighted by atomic mass is 16.3. The monoisotopic (exact) mass is 398 g/mol. The van der Waals surface area contributed by atoms with Crippen molar-refractivity contribution in [3.8, 4) is 0 Å². The van der Waals surface area contributed by atoms with Crippen molar-refractivity contribution in [1.82, 2.24) is 0 Å². The van der Waals surface area contributed by atoms with Crippen LogP contribution in [0.15, 0.2) is 23.3 Å². The second-order valence-corrected chi connectivity index (χ2v) is 12.2. The first kappa shape index (κ1) is 21.7. The smallest absolute Gasteiger partial charge is 0.0577 e. The number of allylic oxidation sites excluding steroid dienone is 3. The molecule has 1 nitrogen and oxygen atoms in total. The van der Waals surface area contributed by atoms with Gasteiger partial charge in [0.1, 0.15) is 0 Å². The molecule has 0 amide bonds. The van der Waals surface area contributed by atoms with Crippen molar-refractivity contribution in [2.75, 3.05) is 0 Å². The summed E-state index contributed by atoms with van der Waals surface area (Å²) in [5.41, 5.74) is 4.11. The van der Waals surface area contributed by atoms with E-state index >= 15 is 0 Å². The Morgan fingerprint density at radius 2 is 1.86 bits per heavy atom. The van der Waals surface area contributed by atoms with Crippen LogP contribution in [0.25, 0.3) is 0 Å². The summed E-state index contributed by atoms with van der Waals surface area (Å²) < 4.78 is 0. The van der Waals surface area contributed by atoms with Crippen LogP contribution in [-0.2, 0) is 0 Å². The van der Waals surface area contributed by atoms with Gasteiger partial charge < -0.3 is 5.11 Å². The molecule has 4 rings (SSSR count). The number of aliphatic hydroxyl groups is 1. The first-order chi connectivity index (χ1) is 13.7. The van der Waals surface area contributed by atoms with E-state index in [9.17, 15) is 5.11 Å². The Bertz CT molecular complexity index is 672. The van der Waals surface area contributed by atoms with Gasteiger partial charge in [0.05, 0.1) is 6.10 Å². The van der Waals surface area contributed by atoms with Crippen LogP contribution in [0.4, 0.5) is 0 Å². The van der Waals surface area contributed by atoms with Gasteiger partial charge in [-0.15, -0.1) is 0 Å². The highest BCUT2D eigenvalue weighted by molar-refractivity contribution is 5.25. The van der Waals surface area contributed by atoms with Gasteiger partial charge in [-0.1, -0.05) is 57.9 Å². The Kier molecular flexibility index (Phi) is 5.86. The summed E-state index contributed by atoms with van der Waals surface area (Å²) in [5, 5.41) is 10.2. The average molecular weight is 399 g/mol. The van der Waals surface area contributed by atoms with Crippen molar-refractivity contribution in [2.24, 2.45) is 46.3 Å².